The summed E-state index contributed by atoms with van der Waals surface area (Å²) in [5, 5.41) is 3.29. The van der Waals surface area contributed by atoms with Gasteiger partial charge in [-0.15, -0.1) is 0 Å². The second-order valence-electron chi connectivity index (χ2n) is 8.25. The van der Waals surface area contributed by atoms with Crippen LogP contribution in [0.1, 0.15) is 5.56 Å². The SMILES string of the molecule is Cc1ccc(-c2nc(NCCOCCOCCN)nc(N3CCN(c4ccccn4)CC3)n2)cc1. The van der Waals surface area contributed by atoms with Crippen LogP contribution in [0.15, 0.2) is 48.7 Å². The minimum atomic E-state index is 0.519. The van der Waals surface area contributed by atoms with E-state index in [2.05, 4.69) is 44.1 Å². The molecule has 10 heteroatoms. The highest BCUT2D eigenvalue weighted by atomic mass is 16.5. The number of anilines is 3. The topological polar surface area (TPSA) is 115 Å². The Labute approximate surface area is 206 Å². The van der Waals surface area contributed by atoms with E-state index in [4.69, 9.17) is 25.2 Å². The summed E-state index contributed by atoms with van der Waals surface area (Å²) in [6, 6.07) is 14.2. The Balaban J connectivity index is 1.41. The van der Waals surface area contributed by atoms with Gasteiger partial charge in [0.15, 0.2) is 5.82 Å². The molecule has 186 valence electrons. The molecular weight excluding hydrogens is 444 g/mol. The fraction of sp³-hybridized carbons (Fsp3) is 0.440. The molecule has 0 radical (unpaired) electrons. The summed E-state index contributed by atoms with van der Waals surface area (Å²) in [4.78, 5) is 23.2. The number of benzene rings is 1. The number of rotatable bonds is 12. The first-order valence-corrected chi connectivity index (χ1v) is 12.1. The van der Waals surface area contributed by atoms with Gasteiger partial charge >= 0.3 is 0 Å². The van der Waals surface area contributed by atoms with E-state index >= 15 is 0 Å². The molecule has 0 unspecified atom stereocenters. The molecule has 1 saturated heterocycles. The maximum absolute atomic E-state index is 5.61. The van der Waals surface area contributed by atoms with Crippen LogP contribution in [0.3, 0.4) is 0 Å². The summed E-state index contributed by atoms with van der Waals surface area (Å²) in [7, 11) is 0. The van der Waals surface area contributed by atoms with Crippen LogP contribution in [0.5, 0.6) is 0 Å². The smallest absolute Gasteiger partial charge is 0.230 e. The number of nitrogens with one attached hydrogen (secondary N) is 1. The second-order valence-corrected chi connectivity index (χ2v) is 8.25. The number of hydrogen-bond donors (Lipinski definition) is 2. The van der Waals surface area contributed by atoms with Crippen molar-refractivity contribution in [1.82, 2.24) is 19.9 Å². The van der Waals surface area contributed by atoms with Gasteiger partial charge in [-0.3, -0.25) is 0 Å². The molecule has 35 heavy (non-hydrogen) atoms. The number of aromatic nitrogens is 4. The molecule has 4 rings (SSSR count). The van der Waals surface area contributed by atoms with E-state index < -0.39 is 0 Å². The van der Waals surface area contributed by atoms with Gasteiger partial charge in [0.25, 0.3) is 0 Å². The highest BCUT2D eigenvalue weighted by Crippen LogP contribution is 2.22. The Morgan fingerprint density at radius 1 is 0.857 bits per heavy atom. The molecule has 1 aromatic carbocycles. The lowest BCUT2D eigenvalue weighted by molar-refractivity contribution is 0.0547. The number of ether oxygens (including phenoxy) is 2. The summed E-state index contributed by atoms with van der Waals surface area (Å²) >= 11 is 0. The van der Waals surface area contributed by atoms with Crippen molar-refractivity contribution in [3.8, 4) is 11.4 Å². The molecule has 3 aromatic rings. The maximum atomic E-state index is 5.61. The molecule has 0 atom stereocenters. The Morgan fingerprint density at radius 2 is 1.60 bits per heavy atom. The van der Waals surface area contributed by atoms with Gasteiger partial charge in [0, 0.05) is 51.0 Å². The zero-order chi connectivity index (χ0) is 24.3. The zero-order valence-electron chi connectivity index (χ0n) is 20.3. The minimum absolute atomic E-state index is 0.519. The van der Waals surface area contributed by atoms with Crippen molar-refractivity contribution >= 4 is 17.7 Å². The minimum Gasteiger partial charge on any atom is -0.378 e. The Morgan fingerprint density at radius 3 is 2.31 bits per heavy atom. The molecule has 0 amide bonds. The van der Waals surface area contributed by atoms with Crippen molar-refractivity contribution < 1.29 is 9.47 Å². The molecule has 3 heterocycles. The molecule has 10 nitrogen and oxygen atoms in total. The van der Waals surface area contributed by atoms with Crippen LogP contribution in [-0.4, -0.2) is 85.6 Å². The van der Waals surface area contributed by atoms with Gasteiger partial charge in [-0.25, -0.2) is 4.98 Å². The fourth-order valence-electron chi connectivity index (χ4n) is 3.73. The van der Waals surface area contributed by atoms with Gasteiger partial charge in [-0.2, -0.15) is 15.0 Å². The van der Waals surface area contributed by atoms with Gasteiger partial charge in [0.2, 0.25) is 11.9 Å². The predicted octanol–water partition coefficient (Wildman–Crippen LogP) is 1.97. The van der Waals surface area contributed by atoms with Crippen LogP contribution in [-0.2, 0) is 9.47 Å². The largest absolute Gasteiger partial charge is 0.378 e. The van der Waals surface area contributed by atoms with Crippen molar-refractivity contribution in [2.75, 3.05) is 80.8 Å². The third kappa shape index (κ3) is 7.32. The average Bonchev–Trinajstić information content (AvgIpc) is 2.91. The van der Waals surface area contributed by atoms with Crippen LogP contribution in [0.2, 0.25) is 0 Å². The number of nitrogens with two attached hydrogens (primary N) is 1. The van der Waals surface area contributed by atoms with Crippen molar-refractivity contribution in [3.05, 3.63) is 54.2 Å². The summed E-state index contributed by atoms with van der Waals surface area (Å²) < 4.78 is 10.9. The lowest BCUT2D eigenvalue weighted by Gasteiger charge is -2.35. The van der Waals surface area contributed by atoms with Crippen LogP contribution in [0.25, 0.3) is 11.4 Å². The quantitative estimate of drug-likeness (QED) is 0.374. The monoisotopic (exact) mass is 478 g/mol. The van der Waals surface area contributed by atoms with Gasteiger partial charge in [-0.1, -0.05) is 35.9 Å². The first kappa shape index (κ1) is 24.8. The molecule has 1 aliphatic rings. The van der Waals surface area contributed by atoms with Crippen molar-refractivity contribution in [3.63, 3.8) is 0 Å². The van der Waals surface area contributed by atoms with Crippen molar-refractivity contribution in [2.45, 2.75) is 6.92 Å². The van der Waals surface area contributed by atoms with E-state index in [1.54, 1.807) is 0 Å². The van der Waals surface area contributed by atoms with Gasteiger partial charge in [-0.05, 0) is 19.1 Å². The first-order valence-electron chi connectivity index (χ1n) is 12.1. The number of hydrogen-bond acceptors (Lipinski definition) is 10. The van der Waals surface area contributed by atoms with E-state index in [-0.39, 0.29) is 0 Å². The normalized spacial score (nSPS) is 13.8. The molecule has 3 N–H and O–H groups in total. The molecular formula is C25H34N8O2. The van der Waals surface area contributed by atoms with Gasteiger partial charge in [0.05, 0.1) is 26.4 Å². The van der Waals surface area contributed by atoms with Crippen LogP contribution < -0.4 is 20.9 Å². The molecule has 1 fully saturated rings. The van der Waals surface area contributed by atoms with Gasteiger partial charge in [0.1, 0.15) is 5.82 Å². The van der Waals surface area contributed by atoms with E-state index in [1.807, 2.05) is 36.5 Å². The van der Waals surface area contributed by atoms with Crippen molar-refractivity contribution in [2.24, 2.45) is 5.73 Å². The van der Waals surface area contributed by atoms with E-state index in [0.29, 0.717) is 57.2 Å². The first-order chi connectivity index (χ1) is 17.2. The number of nitrogens with zero attached hydrogens (tertiary/aromatic N) is 6. The van der Waals surface area contributed by atoms with Crippen LogP contribution in [0, 0.1) is 6.92 Å². The standard InChI is InChI=1S/C25H34N8O2/c1-20-5-7-21(8-6-20)23-29-24(28-11-17-35-19-18-34-16-9-26)31-25(30-23)33-14-12-32(13-15-33)22-4-2-3-10-27-22/h2-8,10H,9,11-19,26H2,1H3,(H,28,29,30,31). The number of pyridine rings is 1. The predicted molar refractivity (Wildman–Crippen MR) is 138 cm³/mol. The van der Waals surface area contributed by atoms with Gasteiger partial charge < -0.3 is 30.3 Å². The maximum Gasteiger partial charge on any atom is 0.230 e. The molecule has 1 aliphatic heterocycles. The molecule has 0 saturated carbocycles. The summed E-state index contributed by atoms with van der Waals surface area (Å²) in [5.41, 5.74) is 7.57. The van der Waals surface area contributed by atoms with E-state index in [9.17, 15) is 0 Å². The Bertz CT molecular complexity index is 1030. The third-order valence-corrected chi connectivity index (χ3v) is 5.63. The Kier molecular flexibility index (Phi) is 9.16. The summed E-state index contributed by atoms with van der Waals surface area (Å²) in [6.45, 7) is 8.62. The molecule has 0 aliphatic carbocycles. The molecule has 2 aromatic heterocycles. The highest BCUT2D eigenvalue weighted by molar-refractivity contribution is 5.59. The third-order valence-electron chi connectivity index (χ3n) is 5.63. The van der Waals surface area contributed by atoms with Crippen LogP contribution in [0.4, 0.5) is 17.7 Å². The lowest BCUT2D eigenvalue weighted by Crippen LogP contribution is -2.47. The fourth-order valence-corrected chi connectivity index (χ4v) is 3.73. The summed E-state index contributed by atoms with van der Waals surface area (Å²) in [6.07, 6.45) is 1.83. The van der Waals surface area contributed by atoms with E-state index in [0.717, 1.165) is 37.6 Å². The molecule has 0 spiro atoms. The van der Waals surface area contributed by atoms with E-state index in [1.165, 1.54) is 5.56 Å². The van der Waals surface area contributed by atoms with Crippen molar-refractivity contribution in [1.29, 1.82) is 0 Å². The lowest BCUT2D eigenvalue weighted by atomic mass is 10.1. The number of piperazine rings is 1. The second kappa shape index (κ2) is 12.9. The highest BCUT2D eigenvalue weighted by Gasteiger charge is 2.21. The number of aryl methyl sites for hydroxylation is 1. The average molecular weight is 479 g/mol. The summed E-state index contributed by atoms with van der Waals surface area (Å²) in [5.74, 6) is 2.87. The zero-order valence-corrected chi connectivity index (χ0v) is 20.3. The van der Waals surface area contributed by atoms with Crippen LogP contribution >= 0.6 is 0 Å². The Hall–Kier alpha value is -3.34. The molecule has 0 bridgehead atoms.